The molecule has 1 saturated heterocycles. The van der Waals surface area contributed by atoms with Gasteiger partial charge < -0.3 is 15.3 Å². The van der Waals surface area contributed by atoms with E-state index in [9.17, 15) is 23.9 Å². The molecule has 0 aromatic heterocycles. The van der Waals surface area contributed by atoms with Crippen molar-refractivity contribution >= 4 is 46.7 Å². The van der Waals surface area contributed by atoms with Gasteiger partial charge in [-0.2, -0.15) is 0 Å². The van der Waals surface area contributed by atoms with Crippen LogP contribution in [-0.4, -0.2) is 36.0 Å². The van der Waals surface area contributed by atoms with Gasteiger partial charge in [-0.25, -0.2) is 4.39 Å². The first-order chi connectivity index (χ1) is 13.7. The van der Waals surface area contributed by atoms with Crippen LogP contribution >= 0.6 is 23.2 Å². The zero-order valence-electron chi connectivity index (χ0n) is 15.0. The fourth-order valence-corrected chi connectivity index (χ4v) is 4.57. The maximum atomic E-state index is 14.4. The van der Waals surface area contributed by atoms with Gasteiger partial charge in [0, 0.05) is 35.1 Å². The van der Waals surface area contributed by atoms with E-state index < -0.39 is 29.7 Å². The molecule has 29 heavy (non-hydrogen) atoms. The van der Waals surface area contributed by atoms with Gasteiger partial charge in [0.1, 0.15) is 17.8 Å². The number of carbonyl (C=O) groups is 3. The summed E-state index contributed by atoms with van der Waals surface area (Å²) < 4.78 is 14.4. The minimum atomic E-state index is -1.27. The molecule has 150 valence electrons. The molecule has 0 radical (unpaired) electrons. The van der Waals surface area contributed by atoms with Gasteiger partial charge in [0.05, 0.1) is 0 Å². The summed E-state index contributed by atoms with van der Waals surface area (Å²) >= 11 is 12.4. The number of nitrogens with zero attached hydrogens (tertiary/aromatic N) is 1. The Bertz CT molecular complexity index is 1070. The van der Waals surface area contributed by atoms with E-state index in [1.54, 1.807) is 12.1 Å². The molecular formula is C20H15Cl2FN2O4. The van der Waals surface area contributed by atoms with Crippen molar-refractivity contribution < 1.29 is 23.9 Å². The number of amides is 2. The number of benzene rings is 2. The fourth-order valence-electron chi connectivity index (χ4n) is 4.15. The number of anilines is 1. The Morgan fingerprint density at radius 2 is 2.00 bits per heavy atom. The molecule has 2 aliphatic rings. The van der Waals surface area contributed by atoms with Gasteiger partial charge >= 0.3 is 5.97 Å². The third-order valence-electron chi connectivity index (χ3n) is 5.38. The van der Waals surface area contributed by atoms with Crippen LogP contribution in [0.5, 0.6) is 0 Å². The standard InChI is InChI=1S/C20H15Cl2FN2O4/c21-11-1-3-14(23)10(5-11)6-12-13(22)2-4-15-18(12)20(7-16(26)24-9-20)19(29)25(15)8-17(27)28/h1-5H,6-9H2,(H,24,26)(H,27,28). The van der Waals surface area contributed by atoms with Crippen LogP contribution in [0.4, 0.5) is 10.1 Å². The van der Waals surface area contributed by atoms with E-state index in [1.807, 2.05) is 0 Å². The smallest absolute Gasteiger partial charge is 0.323 e. The van der Waals surface area contributed by atoms with E-state index in [1.165, 1.54) is 18.2 Å². The molecule has 2 aliphatic heterocycles. The molecule has 2 heterocycles. The maximum Gasteiger partial charge on any atom is 0.323 e. The number of aliphatic carboxylic acids is 1. The number of carbonyl (C=O) groups excluding carboxylic acids is 2. The highest BCUT2D eigenvalue weighted by Gasteiger charge is 2.56. The average Bonchev–Trinajstić information content (AvgIpc) is 3.14. The summed E-state index contributed by atoms with van der Waals surface area (Å²) in [5, 5.41) is 12.6. The largest absolute Gasteiger partial charge is 0.480 e. The van der Waals surface area contributed by atoms with Gasteiger partial charge in [-0.15, -0.1) is 0 Å². The molecule has 1 spiro atoms. The van der Waals surface area contributed by atoms with E-state index in [2.05, 4.69) is 5.32 Å². The minimum Gasteiger partial charge on any atom is -0.480 e. The second kappa shape index (κ2) is 7.00. The Kier molecular flexibility index (Phi) is 4.75. The molecule has 0 aliphatic carbocycles. The summed E-state index contributed by atoms with van der Waals surface area (Å²) in [4.78, 5) is 37.8. The van der Waals surface area contributed by atoms with Crippen LogP contribution in [0.3, 0.4) is 0 Å². The molecule has 1 atom stereocenters. The van der Waals surface area contributed by atoms with Crippen LogP contribution < -0.4 is 10.2 Å². The highest BCUT2D eigenvalue weighted by Crippen LogP contribution is 2.49. The van der Waals surface area contributed by atoms with E-state index in [0.717, 1.165) is 4.90 Å². The summed E-state index contributed by atoms with van der Waals surface area (Å²) in [6.07, 6.45) is -0.0845. The topological polar surface area (TPSA) is 86.7 Å². The van der Waals surface area contributed by atoms with Crippen molar-refractivity contribution in [1.82, 2.24) is 5.32 Å². The number of hydrogen-bond donors (Lipinski definition) is 2. The lowest BCUT2D eigenvalue weighted by atomic mass is 9.77. The molecular weight excluding hydrogens is 422 g/mol. The van der Waals surface area contributed by atoms with Crippen LogP contribution in [0.15, 0.2) is 30.3 Å². The van der Waals surface area contributed by atoms with Gasteiger partial charge in [-0.3, -0.25) is 14.4 Å². The lowest BCUT2D eigenvalue weighted by molar-refractivity contribution is -0.137. The number of nitrogens with one attached hydrogen (secondary N) is 1. The van der Waals surface area contributed by atoms with Crippen molar-refractivity contribution in [2.45, 2.75) is 18.3 Å². The SMILES string of the molecule is O=C(O)CN1C(=O)C2(CNC(=O)C2)c2c1ccc(Cl)c2Cc1cc(Cl)ccc1F. The normalized spacial score (nSPS) is 20.3. The molecule has 2 aromatic rings. The average molecular weight is 437 g/mol. The predicted octanol–water partition coefficient (Wildman–Crippen LogP) is 2.91. The van der Waals surface area contributed by atoms with Gasteiger partial charge in [0.2, 0.25) is 11.8 Å². The van der Waals surface area contributed by atoms with Gasteiger partial charge in [0.25, 0.3) is 0 Å². The monoisotopic (exact) mass is 436 g/mol. The second-order valence-electron chi connectivity index (χ2n) is 7.15. The van der Waals surface area contributed by atoms with Crippen LogP contribution in [-0.2, 0) is 26.2 Å². The van der Waals surface area contributed by atoms with Crippen molar-refractivity contribution in [2.75, 3.05) is 18.0 Å². The highest BCUT2D eigenvalue weighted by atomic mass is 35.5. The first kappa shape index (κ1) is 19.7. The third-order valence-corrected chi connectivity index (χ3v) is 5.96. The number of fused-ring (bicyclic) bond motifs is 2. The van der Waals surface area contributed by atoms with Gasteiger partial charge in [0.15, 0.2) is 0 Å². The Morgan fingerprint density at radius 3 is 2.66 bits per heavy atom. The van der Waals surface area contributed by atoms with Crippen molar-refractivity contribution in [3.8, 4) is 0 Å². The molecule has 9 heteroatoms. The Labute approximate surface area is 175 Å². The fraction of sp³-hybridized carbons (Fsp3) is 0.250. The summed E-state index contributed by atoms with van der Waals surface area (Å²) in [7, 11) is 0. The first-order valence-electron chi connectivity index (χ1n) is 8.79. The predicted molar refractivity (Wildman–Crippen MR) is 105 cm³/mol. The summed E-state index contributed by atoms with van der Waals surface area (Å²) in [6, 6.07) is 7.25. The van der Waals surface area contributed by atoms with Gasteiger partial charge in [-0.1, -0.05) is 23.2 Å². The summed E-state index contributed by atoms with van der Waals surface area (Å²) in [5.41, 5.74) is 0.328. The second-order valence-corrected chi connectivity index (χ2v) is 8.00. The van der Waals surface area contributed by atoms with Crippen molar-refractivity contribution in [3.63, 3.8) is 0 Å². The van der Waals surface area contributed by atoms with Gasteiger partial charge in [-0.05, 0) is 47.0 Å². The van der Waals surface area contributed by atoms with Crippen LogP contribution in [0, 0.1) is 5.82 Å². The third kappa shape index (κ3) is 3.14. The van der Waals surface area contributed by atoms with Crippen molar-refractivity contribution in [1.29, 1.82) is 0 Å². The number of carboxylic acids is 1. The van der Waals surface area contributed by atoms with Crippen molar-refractivity contribution in [3.05, 3.63) is 62.9 Å². The number of carboxylic acid groups (broad SMARTS) is 1. The van der Waals surface area contributed by atoms with Crippen molar-refractivity contribution in [2.24, 2.45) is 0 Å². The molecule has 1 unspecified atom stereocenters. The Balaban J connectivity index is 1.92. The lowest BCUT2D eigenvalue weighted by Crippen LogP contribution is -2.44. The molecule has 2 N–H and O–H groups in total. The minimum absolute atomic E-state index is 0.0269. The van der Waals surface area contributed by atoms with E-state index in [4.69, 9.17) is 23.2 Å². The van der Waals surface area contributed by atoms with Crippen LogP contribution in [0.2, 0.25) is 10.0 Å². The van der Waals surface area contributed by atoms with E-state index in [-0.39, 0.29) is 30.9 Å². The van der Waals surface area contributed by atoms with Crippen LogP contribution in [0.1, 0.15) is 23.1 Å². The molecule has 2 aromatic carbocycles. The first-order valence-corrected chi connectivity index (χ1v) is 9.55. The number of rotatable bonds is 4. The van der Waals surface area contributed by atoms with E-state index in [0.29, 0.717) is 26.9 Å². The Hall–Kier alpha value is -2.64. The summed E-state index contributed by atoms with van der Waals surface area (Å²) in [5.74, 6) is -2.47. The highest BCUT2D eigenvalue weighted by molar-refractivity contribution is 6.32. The molecule has 6 nitrogen and oxygen atoms in total. The number of halogens is 3. The lowest BCUT2D eigenvalue weighted by Gasteiger charge is -2.23. The molecule has 2 amide bonds. The quantitative estimate of drug-likeness (QED) is 0.771. The molecule has 0 bridgehead atoms. The Morgan fingerprint density at radius 1 is 1.24 bits per heavy atom. The summed E-state index contributed by atoms with van der Waals surface area (Å²) in [6.45, 7) is -0.520. The zero-order valence-corrected chi connectivity index (χ0v) is 16.5. The number of hydrogen-bond acceptors (Lipinski definition) is 3. The van der Waals surface area contributed by atoms with E-state index >= 15 is 0 Å². The molecule has 4 rings (SSSR count). The molecule has 1 fully saturated rings. The maximum absolute atomic E-state index is 14.4. The molecule has 0 saturated carbocycles. The zero-order chi connectivity index (χ0) is 20.9. The van der Waals surface area contributed by atoms with Crippen LogP contribution in [0.25, 0.3) is 0 Å².